The van der Waals surface area contributed by atoms with E-state index in [4.69, 9.17) is 0 Å². The van der Waals surface area contributed by atoms with Crippen molar-refractivity contribution in [2.75, 3.05) is 13.1 Å². The molecule has 1 amide bonds. The Hall–Kier alpha value is -1.91. The van der Waals surface area contributed by atoms with Gasteiger partial charge in [0.1, 0.15) is 0 Å². The largest absolute Gasteiger partial charge is 0.338 e. The van der Waals surface area contributed by atoms with Crippen molar-refractivity contribution in [2.45, 2.75) is 26.8 Å². The number of rotatable bonds is 2. The van der Waals surface area contributed by atoms with Gasteiger partial charge in [0.15, 0.2) is 5.65 Å². The van der Waals surface area contributed by atoms with Crippen LogP contribution < -0.4 is 0 Å². The third kappa shape index (κ3) is 1.58. The molecule has 5 nitrogen and oxygen atoms in total. The Bertz CT molecular complexity index is 613. The SMILES string of the molecule is CCn1ncc2c(C(=O)N3CCC3)cc(C)nc21. The first kappa shape index (κ1) is 11.2. The molecule has 0 atom stereocenters. The first-order valence-electron chi connectivity index (χ1n) is 6.33. The minimum atomic E-state index is 0.104. The summed E-state index contributed by atoms with van der Waals surface area (Å²) in [4.78, 5) is 18.7. The summed E-state index contributed by atoms with van der Waals surface area (Å²) in [6.45, 7) is 6.43. The van der Waals surface area contributed by atoms with Gasteiger partial charge in [0.2, 0.25) is 0 Å². The molecule has 3 rings (SSSR count). The summed E-state index contributed by atoms with van der Waals surface area (Å²) in [6.07, 6.45) is 2.85. The second-order valence-electron chi connectivity index (χ2n) is 4.65. The Morgan fingerprint density at radius 2 is 2.22 bits per heavy atom. The number of likely N-dealkylation sites (tertiary alicyclic amines) is 1. The molecule has 18 heavy (non-hydrogen) atoms. The van der Waals surface area contributed by atoms with Crippen molar-refractivity contribution in [3.05, 3.63) is 23.5 Å². The molecule has 94 valence electrons. The Kier molecular flexibility index (Phi) is 2.54. The average Bonchev–Trinajstić information content (AvgIpc) is 2.68. The molecule has 0 saturated carbocycles. The highest BCUT2D eigenvalue weighted by atomic mass is 16.2. The van der Waals surface area contributed by atoms with Gasteiger partial charge in [-0.15, -0.1) is 0 Å². The highest BCUT2D eigenvalue weighted by Gasteiger charge is 2.24. The number of nitrogens with zero attached hydrogens (tertiary/aromatic N) is 4. The molecule has 0 bridgehead atoms. The molecule has 1 aliphatic rings. The summed E-state index contributed by atoms with van der Waals surface area (Å²) in [5.41, 5.74) is 2.40. The van der Waals surface area contributed by atoms with Crippen molar-refractivity contribution in [3.63, 3.8) is 0 Å². The van der Waals surface area contributed by atoms with Gasteiger partial charge >= 0.3 is 0 Å². The number of carbonyl (C=O) groups excluding carboxylic acids is 1. The average molecular weight is 244 g/mol. The maximum absolute atomic E-state index is 12.4. The first-order valence-corrected chi connectivity index (χ1v) is 6.33. The van der Waals surface area contributed by atoms with Crippen molar-refractivity contribution in [3.8, 4) is 0 Å². The van der Waals surface area contributed by atoms with Crippen LogP contribution in [0.2, 0.25) is 0 Å². The molecule has 2 aromatic heterocycles. The maximum atomic E-state index is 12.4. The third-order valence-corrected chi connectivity index (χ3v) is 3.41. The van der Waals surface area contributed by atoms with Gasteiger partial charge in [-0.05, 0) is 26.3 Å². The minimum absolute atomic E-state index is 0.104. The highest BCUT2D eigenvalue weighted by Crippen LogP contribution is 2.21. The van der Waals surface area contributed by atoms with Crippen LogP contribution in [-0.2, 0) is 6.54 Å². The zero-order valence-corrected chi connectivity index (χ0v) is 10.7. The van der Waals surface area contributed by atoms with E-state index in [1.807, 2.05) is 29.5 Å². The molecular weight excluding hydrogens is 228 g/mol. The molecular formula is C13H16N4O. The van der Waals surface area contributed by atoms with Crippen molar-refractivity contribution < 1.29 is 4.79 Å². The molecule has 0 aliphatic carbocycles. The Balaban J connectivity index is 2.15. The van der Waals surface area contributed by atoms with E-state index in [9.17, 15) is 4.79 Å². The predicted octanol–water partition coefficient (Wildman–Crippen LogP) is 1.61. The number of carbonyl (C=O) groups is 1. The Morgan fingerprint density at radius 1 is 1.44 bits per heavy atom. The van der Waals surface area contributed by atoms with Crippen LogP contribution >= 0.6 is 0 Å². The normalized spacial score (nSPS) is 14.9. The molecule has 1 fully saturated rings. The molecule has 3 heterocycles. The number of fused-ring (bicyclic) bond motifs is 1. The second kappa shape index (κ2) is 4.08. The second-order valence-corrected chi connectivity index (χ2v) is 4.65. The van der Waals surface area contributed by atoms with Gasteiger partial charge in [-0.1, -0.05) is 0 Å². The van der Waals surface area contributed by atoms with Gasteiger partial charge in [0.25, 0.3) is 5.91 Å². The lowest BCUT2D eigenvalue weighted by Gasteiger charge is -2.31. The van der Waals surface area contributed by atoms with Crippen LogP contribution in [0.15, 0.2) is 12.3 Å². The monoisotopic (exact) mass is 244 g/mol. The van der Waals surface area contributed by atoms with Gasteiger partial charge in [0, 0.05) is 25.3 Å². The number of aromatic nitrogens is 3. The summed E-state index contributed by atoms with van der Waals surface area (Å²) in [5.74, 6) is 0.104. The van der Waals surface area contributed by atoms with Crippen LogP contribution in [-0.4, -0.2) is 38.7 Å². The fourth-order valence-corrected chi connectivity index (χ4v) is 2.27. The summed E-state index contributed by atoms with van der Waals surface area (Å²) < 4.78 is 1.83. The molecule has 2 aromatic rings. The topological polar surface area (TPSA) is 51.0 Å². The van der Waals surface area contributed by atoms with E-state index in [2.05, 4.69) is 10.1 Å². The summed E-state index contributed by atoms with van der Waals surface area (Å²) in [6, 6.07) is 1.87. The van der Waals surface area contributed by atoms with Crippen LogP contribution in [0, 0.1) is 6.92 Å². The predicted molar refractivity (Wildman–Crippen MR) is 68.5 cm³/mol. The van der Waals surface area contributed by atoms with E-state index in [-0.39, 0.29) is 5.91 Å². The van der Waals surface area contributed by atoms with Crippen LogP contribution in [0.3, 0.4) is 0 Å². The van der Waals surface area contributed by atoms with Crippen LogP contribution in [0.1, 0.15) is 29.4 Å². The van der Waals surface area contributed by atoms with E-state index in [1.54, 1.807) is 6.20 Å². The van der Waals surface area contributed by atoms with Crippen LogP contribution in [0.4, 0.5) is 0 Å². The molecule has 0 aromatic carbocycles. The summed E-state index contributed by atoms with van der Waals surface area (Å²) in [5, 5.41) is 5.15. The smallest absolute Gasteiger partial charge is 0.254 e. The molecule has 0 N–H and O–H groups in total. The molecule has 1 aliphatic heterocycles. The minimum Gasteiger partial charge on any atom is -0.338 e. The van der Waals surface area contributed by atoms with Crippen molar-refractivity contribution >= 4 is 16.9 Å². The number of hydrogen-bond donors (Lipinski definition) is 0. The lowest BCUT2D eigenvalue weighted by Crippen LogP contribution is -2.42. The van der Waals surface area contributed by atoms with Crippen LogP contribution in [0.25, 0.3) is 11.0 Å². The number of amides is 1. The van der Waals surface area contributed by atoms with E-state index < -0.39 is 0 Å². The lowest BCUT2D eigenvalue weighted by atomic mass is 10.1. The third-order valence-electron chi connectivity index (χ3n) is 3.41. The zero-order chi connectivity index (χ0) is 12.7. The van der Waals surface area contributed by atoms with Crippen LogP contribution in [0.5, 0.6) is 0 Å². The maximum Gasteiger partial charge on any atom is 0.254 e. The Labute approximate surface area is 105 Å². The van der Waals surface area contributed by atoms with Gasteiger partial charge < -0.3 is 4.90 Å². The fraction of sp³-hybridized carbons (Fsp3) is 0.462. The molecule has 0 unspecified atom stereocenters. The van der Waals surface area contributed by atoms with E-state index in [0.29, 0.717) is 0 Å². The molecule has 0 spiro atoms. The van der Waals surface area contributed by atoms with Crippen molar-refractivity contribution in [1.29, 1.82) is 0 Å². The van der Waals surface area contributed by atoms with Gasteiger partial charge in [-0.25, -0.2) is 9.67 Å². The molecule has 5 heteroatoms. The van der Waals surface area contributed by atoms with Gasteiger partial charge in [-0.2, -0.15) is 5.10 Å². The van der Waals surface area contributed by atoms with Gasteiger partial charge in [0.05, 0.1) is 17.1 Å². The fourth-order valence-electron chi connectivity index (χ4n) is 2.27. The van der Waals surface area contributed by atoms with Crippen molar-refractivity contribution in [1.82, 2.24) is 19.7 Å². The van der Waals surface area contributed by atoms with Gasteiger partial charge in [-0.3, -0.25) is 4.79 Å². The number of aryl methyl sites for hydroxylation is 2. The Morgan fingerprint density at radius 3 is 2.83 bits per heavy atom. The quantitative estimate of drug-likeness (QED) is 0.806. The lowest BCUT2D eigenvalue weighted by molar-refractivity contribution is 0.0653. The highest BCUT2D eigenvalue weighted by molar-refractivity contribution is 6.05. The summed E-state index contributed by atoms with van der Waals surface area (Å²) in [7, 11) is 0. The standard InChI is InChI=1S/C13H16N4O/c1-3-17-12-11(8-14-17)10(7-9(2)15-12)13(18)16-5-4-6-16/h7-8H,3-6H2,1-2H3. The van der Waals surface area contributed by atoms with E-state index in [1.165, 1.54) is 0 Å². The first-order chi connectivity index (χ1) is 8.70. The van der Waals surface area contributed by atoms with E-state index >= 15 is 0 Å². The number of pyridine rings is 1. The number of hydrogen-bond acceptors (Lipinski definition) is 3. The summed E-state index contributed by atoms with van der Waals surface area (Å²) >= 11 is 0. The molecule has 0 radical (unpaired) electrons. The molecule has 1 saturated heterocycles. The zero-order valence-electron chi connectivity index (χ0n) is 10.7. The van der Waals surface area contributed by atoms with Crippen molar-refractivity contribution in [2.24, 2.45) is 0 Å². The van der Waals surface area contributed by atoms with E-state index in [0.717, 1.165) is 48.3 Å².